The molecular weight excluding hydrogens is 585 g/mol. The Hall–Kier alpha value is -6.06. The average Bonchev–Trinajstić information content (AvgIpc) is 3.82. The lowest BCUT2D eigenvalue weighted by atomic mass is 9.82. The third kappa shape index (κ3) is 3.28. The van der Waals surface area contributed by atoms with Crippen molar-refractivity contribution in [1.82, 2.24) is 9.13 Å². The monoisotopic (exact) mass is 614 g/mol. The highest BCUT2D eigenvalue weighted by Gasteiger charge is 2.36. The van der Waals surface area contributed by atoms with Crippen LogP contribution in [0.25, 0.3) is 88.1 Å². The predicted molar refractivity (Wildman–Crippen MR) is 200 cm³/mol. The van der Waals surface area contributed by atoms with Gasteiger partial charge in [-0.25, -0.2) is 0 Å². The van der Waals surface area contributed by atoms with Crippen LogP contribution in [0, 0.1) is 0 Å². The number of para-hydroxylation sites is 4. The molecule has 0 saturated carbocycles. The van der Waals surface area contributed by atoms with Crippen molar-refractivity contribution in [2.75, 3.05) is 0 Å². The zero-order valence-corrected chi connectivity index (χ0v) is 26.7. The highest BCUT2D eigenvalue weighted by molar-refractivity contribution is 6.17. The third-order valence-corrected chi connectivity index (χ3v) is 10.9. The molecule has 0 bridgehead atoms. The number of furan rings is 1. The van der Waals surface area contributed by atoms with Gasteiger partial charge in [0.05, 0.1) is 22.1 Å². The van der Waals surface area contributed by atoms with Gasteiger partial charge < -0.3 is 13.6 Å². The third-order valence-electron chi connectivity index (χ3n) is 10.9. The van der Waals surface area contributed by atoms with Crippen LogP contribution in [-0.2, 0) is 5.41 Å². The maximum absolute atomic E-state index is 6.32. The van der Waals surface area contributed by atoms with Gasteiger partial charge in [-0.05, 0) is 82.9 Å². The Morgan fingerprint density at radius 1 is 0.396 bits per heavy atom. The summed E-state index contributed by atoms with van der Waals surface area (Å²) >= 11 is 0. The number of nitrogens with zero attached hydrogens (tertiary/aromatic N) is 2. The van der Waals surface area contributed by atoms with E-state index in [0.29, 0.717) is 0 Å². The van der Waals surface area contributed by atoms with E-state index in [1.165, 1.54) is 77.2 Å². The van der Waals surface area contributed by atoms with Crippen molar-refractivity contribution >= 4 is 65.6 Å². The maximum Gasteiger partial charge on any atom is 0.136 e. The van der Waals surface area contributed by atoms with Gasteiger partial charge in [-0.1, -0.05) is 98.8 Å². The van der Waals surface area contributed by atoms with Crippen LogP contribution in [0.3, 0.4) is 0 Å². The van der Waals surface area contributed by atoms with E-state index in [9.17, 15) is 0 Å². The van der Waals surface area contributed by atoms with Gasteiger partial charge in [0.2, 0.25) is 0 Å². The van der Waals surface area contributed by atoms with Gasteiger partial charge in [0.1, 0.15) is 11.2 Å². The van der Waals surface area contributed by atoms with Crippen molar-refractivity contribution in [2.45, 2.75) is 19.3 Å². The van der Waals surface area contributed by atoms with Crippen LogP contribution in [0.5, 0.6) is 0 Å². The summed E-state index contributed by atoms with van der Waals surface area (Å²) in [5.41, 5.74) is 14.3. The van der Waals surface area contributed by atoms with E-state index >= 15 is 0 Å². The maximum atomic E-state index is 6.32. The van der Waals surface area contributed by atoms with E-state index in [4.69, 9.17) is 4.42 Å². The summed E-state index contributed by atoms with van der Waals surface area (Å²) in [6.07, 6.45) is 0. The fraction of sp³-hybridized carbons (Fsp3) is 0.0667. The number of rotatable bonds is 2. The second-order valence-corrected chi connectivity index (χ2v) is 13.8. The van der Waals surface area contributed by atoms with E-state index in [-0.39, 0.29) is 5.41 Å². The highest BCUT2D eigenvalue weighted by atomic mass is 16.3. The summed E-state index contributed by atoms with van der Waals surface area (Å²) in [5, 5.41) is 7.30. The van der Waals surface area contributed by atoms with Crippen molar-refractivity contribution < 1.29 is 4.42 Å². The Kier molecular flexibility index (Phi) is 4.91. The number of hydrogen-bond donors (Lipinski definition) is 0. The van der Waals surface area contributed by atoms with Gasteiger partial charge in [0.15, 0.2) is 0 Å². The number of hydrogen-bond acceptors (Lipinski definition) is 1. The molecule has 48 heavy (non-hydrogen) atoms. The molecule has 0 aliphatic heterocycles. The lowest BCUT2D eigenvalue weighted by Gasteiger charge is -2.23. The molecule has 3 heterocycles. The Bertz CT molecular complexity index is 2930. The van der Waals surface area contributed by atoms with Crippen molar-refractivity contribution in [1.29, 1.82) is 0 Å². The summed E-state index contributed by atoms with van der Waals surface area (Å²) in [6, 6.07) is 53.2. The van der Waals surface area contributed by atoms with Crippen molar-refractivity contribution in [3.8, 4) is 22.5 Å². The zero-order chi connectivity index (χ0) is 31.7. The van der Waals surface area contributed by atoms with E-state index < -0.39 is 0 Å². The molecule has 0 N–H and O–H groups in total. The summed E-state index contributed by atoms with van der Waals surface area (Å²) in [7, 11) is 0. The Labute approximate surface area is 276 Å². The van der Waals surface area contributed by atoms with Crippen LogP contribution in [-0.4, -0.2) is 9.13 Å². The molecule has 0 spiro atoms. The Morgan fingerprint density at radius 3 is 1.46 bits per heavy atom. The second kappa shape index (κ2) is 9.05. The quantitative estimate of drug-likeness (QED) is 0.190. The van der Waals surface area contributed by atoms with Crippen LogP contribution in [0.15, 0.2) is 150 Å². The van der Waals surface area contributed by atoms with Crippen LogP contribution >= 0.6 is 0 Å². The molecule has 11 rings (SSSR count). The smallest absolute Gasteiger partial charge is 0.136 e. The molecule has 10 aromatic rings. The molecule has 0 amide bonds. The first kappa shape index (κ1) is 26.1. The molecule has 1 aliphatic carbocycles. The molecule has 226 valence electrons. The van der Waals surface area contributed by atoms with Crippen molar-refractivity contribution in [3.63, 3.8) is 0 Å². The van der Waals surface area contributed by atoms with E-state index in [0.717, 1.165) is 21.9 Å². The number of fused-ring (bicyclic) bond motifs is 12. The normalized spacial score (nSPS) is 13.8. The lowest BCUT2D eigenvalue weighted by molar-refractivity contribution is 0.659. The van der Waals surface area contributed by atoms with E-state index in [2.05, 4.69) is 163 Å². The lowest BCUT2D eigenvalue weighted by Crippen LogP contribution is -2.16. The summed E-state index contributed by atoms with van der Waals surface area (Å²) in [5.74, 6) is 0. The Morgan fingerprint density at radius 2 is 0.875 bits per heavy atom. The Balaban J connectivity index is 1.12. The number of aromatic nitrogens is 2. The first-order chi connectivity index (χ1) is 23.6. The molecular formula is C45H30N2O. The van der Waals surface area contributed by atoms with Gasteiger partial charge in [-0.15, -0.1) is 0 Å². The first-order valence-electron chi connectivity index (χ1n) is 16.7. The van der Waals surface area contributed by atoms with Crippen molar-refractivity contribution in [3.05, 3.63) is 157 Å². The van der Waals surface area contributed by atoms with E-state index in [1.54, 1.807) is 0 Å². The van der Waals surface area contributed by atoms with Gasteiger partial charge in [0.25, 0.3) is 0 Å². The summed E-state index contributed by atoms with van der Waals surface area (Å²) in [6.45, 7) is 4.76. The summed E-state index contributed by atoms with van der Waals surface area (Å²) < 4.78 is 11.2. The largest absolute Gasteiger partial charge is 0.456 e. The topological polar surface area (TPSA) is 23.0 Å². The first-order valence-corrected chi connectivity index (χ1v) is 16.7. The van der Waals surface area contributed by atoms with Gasteiger partial charge >= 0.3 is 0 Å². The molecule has 7 aromatic carbocycles. The minimum atomic E-state index is -0.178. The molecule has 3 nitrogen and oxygen atoms in total. The fourth-order valence-corrected chi connectivity index (χ4v) is 8.66. The molecule has 1 aliphatic rings. The van der Waals surface area contributed by atoms with Gasteiger partial charge in [0, 0.05) is 49.1 Å². The standard InChI is InChI=1S/C45H30N2O/c1-45(2)37-23-27(46-39-15-7-3-11-31(39)32-12-4-8-16-40(32)46)19-21-29(37)30-22-20-28(24-38(30)45)47-41-17-9-5-13-33(41)35-26-44-36(25-42(35)47)34-14-6-10-18-43(34)48-44/h3-26H,1-2H3. The average molecular weight is 615 g/mol. The number of benzene rings is 7. The fourth-order valence-electron chi connectivity index (χ4n) is 8.66. The van der Waals surface area contributed by atoms with Crippen LogP contribution in [0.4, 0.5) is 0 Å². The van der Waals surface area contributed by atoms with Crippen LogP contribution < -0.4 is 0 Å². The minimum absolute atomic E-state index is 0.178. The van der Waals surface area contributed by atoms with Crippen molar-refractivity contribution in [2.24, 2.45) is 0 Å². The molecule has 0 radical (unpaired) electrons. The van der Waals surface area contributed by atoms with Crippen LogP contribution in [0.2, 0.25) is 0 Å². The molecule has 0 fully saturated rings. The second-order valence-electron chi connectivity index (χ2n) is 13.8. The highest BCUT2D eigenvalue weighted by Crippen LogP contribution is 2.51. The molecule has 3 aromatic heterocycles. The SMILES string of the molecule is CC1(C)c2cc(-n3c4ccccc4c4ccccc43)ccc2-c2ccc(-n3c4ccccc4c4cc5oc6ccccc6c5cc43)cc21. The summed E-state index contributed by atoms with van der Waals surface area (Å²) in [4.78, 5) is 0. The minimum Gasteiger partial charge on any atom is -0.456 e. The molecule has 0 atom stereocenters. The zero-order valence-electron chi connectivity index (χ0n) is 26.7. The molecule has 3 heteroatoms. The molecule has 0 unspecified atom stereocenters. The van der Waals surface area contributed by atoms with E-state index in [1.807, 2.05) is 6.07 Å². The van der Waals surface area contributed by atoms with Crippen LogP contribution in [0.1, 0.15) is 25.0 Å². The molecule has 0 saturated heterocycles. The van der Waals surface area contributed by atoms with Gasteiger partial charge in [-0.3, -0.25) is 0 Å². The van der Waals surface area contributed by atoms with Gasteiger partial charge in [-0.2, -0.15) is 0 Å². The predicted octanol–water partition coefficient (Wildman–Crippen LogP) is 12.1.